The molecule has 1 aliphatic heterocycles. The lowest BCUT2D eigenvalue weighted by Crippen LogP contribution is -2.35. The van der Waals surface area contributed by atoms with Crippen molar-refractivity contribution in [3.8, 4) is 5.88 Å². The number of anilines is 1. The average Bonchev–Trinajstić information content (AvgIpc) is 3.21. The first-order valence-corrected chi connectivity index (χ1v) is 12.4. The Bertz CT molecular complexity index is 1250. The smallest absolute Gasteiger partial charge is 0.236 e. The van der Waals surface area contributed by atoms with Gasteiger partial charge in [0, 0.05) is 30.8 Å². The average molecular weight is 500 g/mol. The number of aliphatic hydroxyl groups excluding tert-OH is 1. The number of ether oxygens (including phenoxy) is 1. The lowest BCUT2D eigenvalue weighted by molar-refractivity contribution is -0.113. The molecule has 3 atom stereocenters. The SMILES string of the molecule is COc1ccc2ncc(F)c(CN[C@@H]3C[C@@H](CNCc4cnc5c(n4)NC(=O)CS5)C[C@@H]3O)c2n1. The van der Waals surface area contributed by atoms with Gasteiger partial charge in [-0.1, -0.05) is 11.8 Å². The number of carbonyl (C=O) groups is 1. The second-order valence-corrected chi connectivity index (χ2v) is 9.65. The molecule has 10 nitrogen and oxygen atoms in total. The third-order valence-corrected chi connectivity index (χ3v) is 7.22. The van der Waals surface area contributed by atoms with E-state index in [1.54, 1.807) is 18.3 Å². The molecule has 0 aromatic carbocycles. The first-order chi connectivity index (χ1) is 17.0. The maximum absolute atomic E-state index is 14.6. The normalized spacial score (nSPS) is 21.7. The van der Waals surface area contributed by atoms with Gasteiger partial charge in [-0.3, -0.25) is 9.78 Å². The number of aromatic nitrogens is 4. The molecule has 5 rings (SSSR count). The van der Waals surface area contributed by atoms with Crippen molar-refractivity contribution >= 4 is 34.5 Å². The lowest BCUT2D eigenvalue weighted by Gasteiger charge is -2.17. The van der Waals surface area contributed by atoms with Crippen molar-refractivity contribution in [1.82, 2.24) is 30.6 Å². The van der Waals surface area contributed by atoms with E-state index in [9.17, 15) is 14.3 Å². The van der Waals surface area contributed by atoms with Gasteiger partial charge >= 0.3 is 0 Å². The van der Waals surface area contributed by atoms with Crippen LogP contribution < -0.4 is 20.7 Å². The standard InChI is InChI=1S/C23H26FN7O3S/c1-34-20-3-2-16-21(31-20)14(15(24)10-27-16)9-26-17-4-12(5-18(17)32)6-25-7-13-8-28-23-22(29-13)30-19(33)11-35-23/h2-3,8,10,12,17-18,25-26,32H,4-7,9,11H2,1H3,(H,29,30,33)/t12-,17-,18+/m1/s1. The Labute approximate surface area is 205 Å². The van der Waals surface area contributed by atoms with Crippen LogP contribution in [0, 0.1) is 11.7 Å². The number of halogens is 1. The summed E-state index contributed by atoms with van der Waals surface area (Å²) in [5, 5.41) is 20.7. The molecule has 12 heteroatoms. The minimum absolute atomic E-state index is 0.0741. The zero-order valence-electron chi connectivity index (χ0n) is 19.1. The summed E-state index contributed by atoms with van der Waals surface area (Å²) >= 11 is 1.38. The topological polar surface area (TPSA) is 134 Å². The molecule has 0 unspecified atom stereocenters. The van der Waals surface area contributed by atoms with Crippen molar-refractivity contribution in [1.29, 1.82) is 0 Å². The van der Waals surface area contributed by atoms with Gasteiger partial charge in [0.1, 0.15) is 16.4 Å². The zero-order valence-corrected chi connectivity index (χ0v) is 19.9. The van der Waals surface area contributed by atoms with Crippen LogP contribution in [0.25, 0.3) is 11.0 Å². The largest absolute Gasteiger partial charge is 0.481 e. The van der Waals surface area contributed by atoms with Gasteiger partial charge in [-0.2, -0.15) is 0 Å². The van der Waals surface area contributed by atoms with E-state index in [-0.39, 0.29) is 24.4 Å². The summed E-state index contributed by atoms with van der Waals surface area (Å²) < 4.78 is 19.7. The molecule has 35 heavy (non-hydrogen) atoms. The Hall–Kier alpha value is -2.93. The van der Waals surface area contributed by atoms with Crippen molar-refractivity contribution in [3.63, 3.8) is 0 Å². The van der Waals surface area contributed by atoms with E-state index in [0.717, 1.165) is 17.1 Å². The molecule has 3 aromatic rings. The quantitative estimate of drug-likeness (QED) is 0.362. The fourth-order valence-electron chi connectivity index (χ4n) is 4.49. The molecule has 0 saturated heterocycles. The number of pyridine rings is 2. The first kappa shape index (κ1) is 23.8. The number of nitrogens with zero attached hydrogens (tertiary/aromatic N) is 4. The summed E-state index contributed by atoms with van der Waals surface area (Å²) in [6.45, 7) is 1.43. The molecular formula is C23H26FN7O3S. The maximum atomic E-state index is 14.6. The van der Waals surface area contributed by atoms with Crippen LogP contribution in [0.2, 0.25) is 0 Å². The number of amides is 1. The number of carbonyl (C=O) groups excluding carboxylic acids is 1. The number of aliphatic hydroxyl groups is 1. The molecule has 3 aromatic heterocycles. The Morgan fingerprint density at radius 3 is 2.97 bits per heavy atom. The van der Waals surface area contributed by atoms with Gasteiger partial charge in [0.25, 0.3) is 0 Å². The summed E-state index contributed by atoms with van der Waals surface area (Å²) in [5.74, 6) is 0.984. The van der Waals surface area contributed by atoms with Gasteiger partial charge in [0.15, 0.2) is 5.82 Å². The molecule has 0 bridgehead atoms. The Morgan fingerprint density at radius 1 is 1.23 bits per heavy atom. The second-order valence-electron chi connectivity index (χ2n) is 8.68. The molecule has 1 amide bonds. The third-order valence-electron chi connectivity index (χ3n) is 6.24. The van der Waals surface area contributed by atoms with Crippen LogP contribution in [0.15, 0.2) is 29.6 Å². The first-order valence-electron chi connectivity index (χ1n) is 11.4. The van der Waals surface area contributed by atoms with Crippen LogP contribution >= 0.6 is 11.8 Å². The molecule has 1 aliphatic carbocycles. The Morgan fingerprint density at radius 2 is 2.11 bits per heavy atom. The second kappa shape index (κ2) is 10.4. The fourth-order valence-corrected chi connectivity index (χ4v) is 5.19. The zero-order chi connectivity index (χ0) is 24.4. The number of hydrogen-bond acceptors (Lipinski definition) is 10. The molecule has 184 valence electrons. The lowest BCUT2D eigenvalue weighted by atomic mass is 10.1. The highest BCUT2D eigenvalue weighted by molar-refractivity contribution is 8.00. The van der Waals surface area contributed by atoms with Gasteiger partial charge in [-0.05, 0) is 31.4 Å². The van der Waals surface area contributed by atoms with Crippen molar-refractivity contribution in [2.45, 2.75) is 43.1 Å². The minimum atomic E-state index is -0.531. The van der Waals surface area contributed by atoms with Crippen LogP contribution in [-0.4, -0.2) is 62.5 Å². The summed E-state index contributed by atoms with van der Waals surface area (Å²) in [6, 6.07) is 3.27. The Balaban J connectivity index is 1.15. The van der Waals surface area contributed by atoms with Crippen molar-refractivity contribution in [2.75, 3.05) is 24.7 Å². The highest BCUT2D eigenvalue weighted by atomic mass is 32.2. The van der Waals surface area contributed by atoms with Gasteiger partial charge in [0.2, 0.25) is 11.8 Å². The number of rotatable bonds is 8. The Kier molecular flexibility index (Phi) is 7.04. The van der Waals surface area contributed by atoms with E-state index in [1.807, 2.05) is 0 Å². The fraction of sp³-hybridized carbons (Fsp3) is 0.435. The van der Waals surface area contributed by atoms with Crippen LogP contribution in [0.5, 0.6) is 5.88 Å². The van der Waals surface area contributed by atoms with Crippen molar-refractivity contribution in [2.24, 2.45) is 5.92 Å². The minimum Gasteiger partial charge on any atom is -0.481 e. The highest BCUT2D eigenvalue weighted by Gasteiger charge is 2.32. The van der Waals surface area contributed by atoms with Gasteiger partial charge in [-0.25, -0.2) is 19.3 Å². The number of hydrogen-bond donors (Lipinski definition) is 4. The van der Waals surface area contributed by atoms with Gasteiger partial charge in [0.05, 0.1) is 42.6 Å². The summed E-state index contributed by atoms with van der Waals surface area (Å²) in [6.07, 6.45) is 3.76. The molecular weight excluding hydrogens is 473 g/mol. The third kappa shape index (κ3) is 5.35. The highest BCUT2D eigenvalue weighted by Crippen LogP contribution is 2.28. The van der Waals surface area contributed by atoms with E-state index in [2.05, 4.69) is 35.9 Å². The summed E-state index contributed by atoms with van der Waals surface area (Å²) in [7, 11) is 1.51. The molecule has 1 fully saturated rings. The predicted molar refractivity (Wildman–Crippen MR) is 128 cm³/mol. The predicted octanol–water partition coefficient (Wildman–Crippen LogP) is 1.63. The number of nitrogens with one attached hydrogen (secondary N) is 3. The van der Waals surface area contributed by atoms with Crippen LogP contribution in [0.1, 0.15) is 24.1 Å². The van der Waals surface area contributed by atoms with Gasteiger partial charge < -0.3 is 25.8 Å². The van der Waals surface area contributed by atoms with E-state index < -0.39 is 11.9 Å². The van der Waals surface area contributed by atoms with E-state index >= 15 is 0 Å². The molecule has 0 spiro atoms. The van der Waals surface area contributed by atoms with E-state index in [4.69, 9.17) is 4.74 Å². The van der Waals surface area contributed by atoms with Crippen LogP contribution in [0.3, 0.4) is 0 Å². The molecule has 4 heterocycles. The van der Waals surface area contributed by atoms with E-state index in [0.29, 0.717) is 53.6 Å². The van der Waals surface area contributed by atoms with Crippen LogP contribution in [-0.2, 0) is 17.9 Å². The van der Waals surface area contributed by atoms with Crippen molar-refractivity contribution < 1.29 is 19.0 Å². The maximum Gasteiger partial charge on any atom is 0.236 e. The number of fused-ring (bicyclic) bond motifs is 2. The van der Waals surface area contributed by atoms with Crippen LogP contribution in [0.4, 0.5) is 10.2 Å². The summed E-state index contributed by atoms with van der Waals surface area (Å²) in [4.78, 5) is 28.9. The molecule has 1 saturated carbocycles. The van der Waals surface area contributed by atoms with Gasteiger partial charge in [-0.15, -0.1) is 0 Å². The number of thioether (sulfide) groups is 1. The molecule has 2 aliphatic rings. The molecule has 4 N–H and O–H groups in total. The number of methoxy groups -OCH3 is 1. The molecule has 0 radical (unpaired) electrons. The van der Waals surface area contributed by atoms with Crippen molar-refractivity contribution in [3.05, 3.63) is 41.6 Å². The monoisotopic (exact) mass is 499 g/mol. The van der Waals surface area contributed by atoms with E-state index in [1.165, 1.54) is 25.1 Å². The summed E-state index contributed by atoms with van der Waals surface area (Å²) in [5.41, 5.74) is 2.17.